The van der Waals surface area contributed by atoms with Crippen molar-refractivity contribution < 1.29 is 64.4 Å². The summed E-state index contributed by atoms with van der Waals surface area (Å²) in [6, 6.07) is 2.36. The number of rotatable bonds is 18. The zero-order valence-corrected chi connectivity index (χ0v) is 25.1. The number of nitrogens with two attached hydrogens (primary N) is 1. The summed E-state index contributed by atoms with van der Waals surface area (Å²) in [4.78, 5) is 41.9. The van der Waals surface area contributed by atoms with Crippen LogP contribution in [0.2, 0.25) is 0 Å². The summed E-state index contributed by atoms with van der Waals surface area (Å²) < 4.78 is 24.5. The van der Waals surface area contributed by atoms with Crippen LogP contribution in [0.1, 0.15) is 41.5 Å². The lowest BCUT2D eigenvalue weighted by atomic mass is 9.97. The fourth-order valence-electron chi connectivity index (χ4n) is 4.94. The Morgan fingerprint density at radius 2 is 1.09 bits per heavy atom. The van der Waals surface area contributed by atoms with Gasteiger partial charge in [-0.15, -0.1) is 0 Å². The molecule has 2 aromatic rings. The molecule has 2 atom stereocenters. The van der Waals surface area contributed by atoms with Crippen LogP contribution < -0.4 is 5.73 Å². The maximum Gasteiger partial charge on any atom is 0.339 e. The van der Waals surface area contributed by atoms with Crippen molar-refractivity contribution in [2.24, 2.45) is 5.73 Å². The largest absolute Gasteiger partial charge is 0.507 e. The number of hydrogen-bond acceptors (Lipinski definition) is 12. The van der Waals surface area contributed by atoms with E-state index in [9.17, 15) is 64.4 Å². The second-order valence-electron chi connectivity index (χ2n) is 10.2. The van der Waals surface area contributed by atoms with Crippen LogP contribution in [0.15, 0.2) is 24.3 Å². The molecule has 0 amide bonds. The first-order valence-corrected chi connectivity index (χ1v) is 16.8. The average molecular weight is 654 g/mol. The zero-order valence-electron chi connectivity index (χ0n) is 23.3. The van der Waals surface area contributed by atoms with Crippen LogP contribution in [0.5, 0.6) is 23.0 Å². The molecule has 2 rings (SSSR count). The molecule has 2 aromatic carbocycles. The van der Waals surface area contributed by atoms with E-state index >= 15 is 0 Å². The van der Waals surface area contributed by atoms with Crippen molar-refractivity contribution >= 4 is 15.2 Å². The van der Waals surface area contributed by atoms with E-state index in [1.54, 1.807) is 0 Å². The summed E-state index contributed by atoms with van der Waals surface area (Å²) in [5.74, 6) is -2.04. The van der Waals surface area contributed by atoms with Gasteiger partial charge in [-0.1, -0.05) is 6.42 Å². The monoisotopic (exact) mass is 653 g/mol. The average Bonchev–Trinajstić information content (AvgIpc) is 2.90. The highest BCUT2D eigenvalue weighted by Gasteiger charge is 2.38. The Morgan fingerprint density at radius 3 is 1.44 bits per heavy atom. The van der Waals surface area contributed by atoms with Gasteiger partial charge in [-0.25, -0.2) is 0 Å². The molecule has 0 saturated carbocycles. The Morgan fingerprint density at radius 1 is 0.674 bits per heavy atom. The highest BCUT2D eigenvalue weighted by Crippen LogP contribution is 2.43. The molecule has 43 heavy (non-hydrogen) atoms. The molecule has 18 heteroatoms. The standard InChI is InChI=1S/C25H41N3O13P2/c26-8-2-1-3-20(27(14-42(36,37)38)9-18-22(32)6-4-16(11-29)24(18)34)21(13-31)28(15-43(39,40)41)10-19-23(33)7-5-17(12-30)25(19)35/h4-7,20-21,29-35H,1-3,8-15,26H2,(H2,36,37,38)(H2,39,40,41). The van der Waals surface area contributed by atoms with Gasteiger partial charge in [-0.3, -0.25) is 18.9 Å². The van der Waals surface area contributed by atoms with Crippen molar-refractivity contribution in [1.82, 2.24) is 9.80 Å². The van der Waals surface area contributed by atoms with Crippen LogP contribution in [0.4, 0.5) is 0 Å². The number of benzene rings is 2. The van der Waals surface area contributed by atoms with Gasteiger partial charge in [0.05, 0.1) is 30.9 Å². The molecule has 0 saturated heterocycles. The van der Waals surface area contributed by atoms with Crippen LogP contribution in [-0.2, 0) is 35.4 Å². The number of aromatic hydroxyl groups is 4. The van der Waals surface area contributed by atoms with Gasteiger partial charge in [0, 0.05) is 36.3 Å². The summed E-state index contributed by atoms with van der Waals surface area (Å²) in [6.45, 7) is -2.95. The molecule has 244 valence electrons. The molecule has 0 aromatic heterocycles. The normalized spacial score (nSPS) is 14.0. The van der Waals surface area contributed by atoms with Crippen LogP contribution in [0.25, 0.3) is 0 Å². The second-order valence-corrected chi connectivity index (χ2v) is 13.4. The van der Waals surface area contributed by atoms with Crippen molar-refractivity contribution in [3.63, 3.8) is 0 Å². The van der Waals surface area contributed by atoms with E-state index in [-0.39, 0.29) is 35.2 Å². The minimum Gasteiger partial charge on any atom is -0.507 e. The Hall–Kier alpha value is -2.30. The van der Waals surface area contributed by atoms with Crippen LogP contribution in [0, 0.1) is 0 Å². The smallest absolute Gasteiger partial charge is 0.339 e. The molecule has 0 aliphatic rings. The molecule has 13 N–H and O–H groups in total. The molecule has 0 fully saturated rings. The van der Waals surface area contributed by atoms with Crippen LogP contribution >= 0.6 is 15.2 Å². The van der Waals surface area contributed by atoms with Gasteiger partial charge in [-0.2, -0.15) is 0 Å². The first-order valence-electron chi connectivity index (χ1n) is 13.2. The third kappa shape index (κ3) is 10.7. The predicted octanol–water partition coefficient (Wildman–Crippen LogP) is -0.0733. The first kappa shape index (κ1) is 36.9. The number of aliphatic hydroxyl groups excluding tert-OH is 3. The highest BCUT2D eigenvalue weighted by molar-refractivity contribution is 7.51. The molecule has 0 heterocycles. The van der Waals surface area contributed by atoms with Gasteiger partial charge < -0.3 is 61.1 Å². The quantitative estimate of drug-likeness (QED) is 0.0740. The van der Waals surface area contributed by atoms with Crippen molar-refractivity contribution in [2.45, 2.75) is 57.6 Å². The van der Waals surface area contributed by atoms with E-state index in [1.807, 2.05) is 0 Å². The number of phenols is 4. The third-order valence-electron chi connectivity index (χ3n) is 7.00. The summed E-state index contributed by atoms with van der Waals surface area (Å²) in [7, 11) is -9.80. The molecular formula is C25H41N3O13P2. The number of hydrogen-bond donors (Lipinski definition) is 12. The summed E-state index contributed by atoms with van der Waals surface area (Å²) >= 11 is 0. The third-order valence-corrected chi connectivity index (χ3v) is 8.46. The van der Waals surface area contributed by atoms with E-state index in [2.05, 4.69) is 0 Å². The van der Waals surface area contributed by atoms with Crippen molar-refractivity contribution in [3.8, 4) is 23.0 Å². The van der Waals surface area contributed by atoms with Gasteiger partial charge in [0.25, 0.3) is 0 Å². The van der Waals surface area contributed by atoms with E-state index in [1.165, 1.54) is 18.2 Å². The highest BCUT2D eigenvalue weighted by atomic mass is 31.2. The number of unbranched alkanes of at least 4 members (excludes halogenated alkanes) is 1. The molecule has 0 aliphatic heterocycles. The molecule has 0 spiro atoms. The lowest BCUT2D eigenvalue weighted by Crippen LogP contribution is -2.53. The van der Waals surface area contributed by atoms with Gasteiger partial charge in [0.1, 0.15) is 35.6 Å². The Labute approximate surface area is 248 Å². The molecule has 0 bridgehead atoms. The maximum atomic E-state index is 12.3. The van der Waals surface area contributed by atoms with Crippen molar-refractivity contribution in [1.29, 1.82) is 0 Å². The Bertz CT molecular complexity index is 1300. The summed E-state index contributed by atoms with van der Waals surface area (Å²) in [6.07, 6.45) is -1.19. The lowest BCUT2D eigenvalue weighted by Gasteiger charge is -2.42. The van der Waals surface area contributed by atoms with Gasteiger partial charge in [-0.05, 0) is 43.7 Å². The Balaban J connectivity index is 2.73. The lowest BCUT2D eigenvalue weighted by molar-refractivity contribution is 0.0375. The zero-order chi connectivity index (χ0) is 32.5. The number of nitrogens with zero attached hydrogens (tertiary/aromatic N) is 2. The van der Waals surface area contributed by atoms with Crippen LogP contribution in [-0.4, -0.2) is 103 Å². The van der Waals surface area contributed by atoms with E-state index in [4.69, 9.17) is 5.73 Å². The van der Waals surface area contributed by atoms with E-state index < -0.39 is 95.8 Å². The second kappa shape index (κ2) is 16.1. The van der Waals surface area contributed by atoms with Crippen LogP contribution in [0.3, 0.4) is 0 Å². The SMILES string of the molecule is NCCCCC(C(CO)N(Cc1c(O)ccc(CO)c1O)CP(=O)(O)O)N(Cc1c(O)ccc(CO)c1O)CP(=O)(O)O. The molecule has 2 unspecified atom stereocenters. The fourth-order valence-corrected chi connectivity index (χ4v) is 6.50. The number of phenolic OH excluding ortho intramolecular Hbond substituents is 2. The summed E-state index contributed by atoms with van der Waals surface area (Å²) in [5, 5.41) is 72.0. The minimum absolute atomic E-state index is 0.00168. The molecule has 16 nitrogen and oxygen atoms in total. The predicted molar refractivity (Wildman–Crippen MR) is 154 cm³/mol. The number of aliphatic hydroxyl groups is 3. The Kier molecular flexibility index (Phi) is 13.8. The maximum absolute atomic E-state index is 12.3. The molecular weight excluding hydrogens is 612 g/mol. The van der Waals surface area contributed by atoms with Gasteiger partial charge in [0.2, 0.25) is 0 Å². The van der Waals surface area contributed by atoms with Crippen molar-refractivity contribution in [2.75, 3.05) is 25.7 Å². The first-order chi connectivity index (χ1) is 20.1. The molecule has 0 radical (unpaired) electrons. The topological polar surface area (TPSA) is 289 Å². The van der Waals surface area contributed by atoms with E-state index in [0.29, 0.717) is 12.8 Å². The molecule has 0 aliphatic carbocycles. The van der Waals surface area contributed by atoms with E-state index in [0.717, 1.165) is 15.9 Å². The van der Waals surface area contributed by atoms with Gasteiger partial charge in [0.15, 0.2) is 0 Å². The summed E-state index contributed by atoms with van der Waals surface area (Å²) in [5.41, 5.74) is 5.22. The minimum atomic E-state index is -4.91. The van der Waals surface area contributed by atoms with Gasteiger partial charge >= 0.3 is 15.2 Å². The fraction of sp³-hybridized carbons (Fsp3) is 0.520. The van der Waals surface area contributed by atoms with Crippen molar-refractivity contribution in [3.05, 3.63) is 46.5 Å².